The van der Waals surface area contributed by atoms with Gasteiger partial charge in [0.2, 0.25) is 0 Å². The maximum Gasteiger partial charge on any atom is 0.301 e. The summed E-state index contributed by atoms with van der Waals surface area (Å²) in [6.45, 7) is 6.24. The Bertz CT molecular complexity index is 768. The molecule has 0 aliphatic rings. The average molecular weight is 362 g/mol. The van der Waals surface area contributed by atoms with Crippen LogP contribution in [0.3, 0.4) is 0 Å². The molecule has 136 valence electrons. The van der Waals surface area contributed by atoms with Crippen molar-refractivity contribution in [2.75, 3.05) is 42.1 Å². The van der Waals surface area contributed by atoms with Gasteiger partial charge in [0.15, 0.2) is 0 Å². The molecule has 0 amide bonds. The highest BCUT2D eigenvalue weighted by molar-refractivity contribution is 7.90. The van der Waals surface area contributed by atoms with Gasteiger partial charge in [-0.3, -0.25) is 4.72 Å². The lowest BCUT2D eigenvalue weighted by molar-refractivity contribution is 0.527. The fraction of sp³-hybridized carbons (Fsp3) is 0.333. The monoisotopic (exact) mass is 362 g/mol. The number of benzene rings is 2. The maximum atomic E-state index is 11.8. The van der Waals surface area contributed by atoms with E-state index in [0.29, 0.717) is 5.69 Å². The van der Waals surface area contributed by atoms with Crippen molar-refractivity contribution < 1.29 is 8.42 Å². The van der Waals surface area contributed by atoms with Crippen LogP contribution in [0.15, 0.2) is 48.5 Å². The van der Waals surface area contributed by atoms with Crippen molar-refractivity contribution in [2.45, 2.75) is 13.8 Å². The Morgan fingerprint density at radius 3 is 1.68 bits per heavy atom. The van der Waals surface area contributed by atoms with Crippen LogP contribution in [-0.2, 0) is 10.2 Å². The largest absolute Gasteiger partial charge is 0.372 e. The van der Waals surface area contributed by atoms with E-state index in [0.717, 1.165) is 28.8 Å². The van der Waals surface area contributed by atoms with Crippen LogP contribution in [0, 0.1) is 0 Å². The maximum absolute atomic E-state index is 11.8. The highest BCUT2D eigenvalue weighted by atomic mass is 32.2. The van der Waals surface area contributed by atoms with Crippen molar-refractivity contribution >= 4 is 33.0 Å². The van der Waals surface area contributed by atoms with E-state index >= 15 is 0 Å². The Morgan fingerprint density at radius 2 is 1.24 bits per heavy atom. The van der Waals surface area contributed by atoms with Crippen LogP contribution in [0.4, 0.5) is 22.7 Å². The second-order valence-corrected chi connectivity index (χ2v) is 7.70. The molecule has 0 spiro atoms. The van der Waals surface area contributed by atoms with Gasteiger partial charge in [-0.2, -0.15) is 12.7 Å². The Balaban J connectivity index is 2.04. The van der Waals surface area contributed by atoms with E-state index in [1.54, 1.807) is 12.1 Å². The summed E-state index contributed by atoms with van der Waals surface area (Å²) in [5, 5.41) is 3.31. The first-order valence-electron chi connectivity index (χ1n) is 8.28. The number of rotatable bonds is 8. The molecular weight excluding hydrogens is 336 g/mol. The van der Waals surface area contributed by atoms with Gasteiger partial charge in [0.25, 0.3) is 0 Å². The first-order valence-corrected chi connectivity index (χ1v) is 9.72. The lowest BCUT2D eigenvalue weighted by atomic mass is 10.2. The first-order chi connectivity index (χ1) is 11.9. The molecule has 0 radical (unpaired) electrons. The summed E-state index contributed by atoms with van der Waals surface area (Å²) in [7, 11) is -0.510. The Labute approximate surface area is 150 Å². The van der Waals surface area contributed by atoms with Gasteiger partial charge in [0.05, 0.1) is 0 Å². The zero-order valence-corrected chi connectivity index (χ0v) is 16.0. The fourth-order valence-electron chi connectivity index (χ4n) is 2.37. The summed E-state index contributed by atoms with van der Waals surface area (Å²) in [6, 6.07) is 15.4. The molecule has 0 aliphatic carbocycles. The molecule has 2 aromatic rings. The number of hydrogen-bond donors (Lipinski definition) is 2. The van der Waals surface area contributed by atoms with E-state index in [4.69, 9.17) is 0 Å². The lowest BCUT2D eigenvalue weighted by Crippen LogP contribution is -2.28. The number of nitrogens with one attached hydrogen (secondary N) is 2. The zero-order chi connectivity index (χ0) is 18.4. The lowest BCUT2D eigenvalue weighted by Gasteiger charge is -2.21. The van der Waals surface area contributed by atoms with E-state index in [1.807, 2.05) is 24.3 Å². The number of anilines is 4. The Hall–Kier alpha value is -2.25. The second-order valence-electron chi connectivity index (χ2n) is 5.81. The van der Waals surface area contributed by atoms with Crippen LogP contribution < -0.4 is 14.9 Å². The van der Waals surface area contributed by atoms with Crippen LogP contribution >= 0.6 is 0 Å². The molecular formula is C18H26N4O2S. The summed E-state index contributed by atoms with van der Waals surface area (Å²) < 4.78 is 27.3. The molecule has 0 saturated heterocycles. The quantitative estimate of drug-likeness (QED) is 0.754. The van der Waals surface area contributed by atoms with Gasteiger partial charge in [-0.15, -0.1) is 0 Å². The van der Waals surface area contributed by atoms with Crippen LogP contribution in [-0.4, -0.2) is 39.9 Å². The van der Waals surface area contributed by atoms with Gasteiger partial charge < -0.3 is 10.2 Å². The molecule has 6 nitrogen and oxygen atoms in total. The van der Waals surface area contributed by atoms with Gasteiger partial charge in [0.1, 0.15) is 0 Å². The van der Waals surface area contributed by atoms with E-state index in [1.165, 1.54) is 19.8 Å². The smallest absolute Gasteiger partial charge is 0.301 e. The zero-order valence-electron chi connectivity index (χ0n) is 15.2. The van der Waals surface area contributed by atoms with Crippen LogP contribution in [0.25, 0.3) is 0 Å². The van der Waals surface area contributed by atoms with Crippen molar-refractivity contribution in [3.63, 3.8) is 0 Å². The van der Waals surface area contributed by atoms with Gasteiger partial charge in [-0.25, -0.2) is 0 Å². The standard InChI is InChI=1S/C18H26N4O2S/c1-5-22(6-2)18-13-11-16(12-14-18)19-15-7-9-17(10-8-15)20-25(23,24)21(3)4/h7-14,19-20H,5-6H2,1-4H3. The molecule has 0 atom stereocenters. The summed E-state index contributed by atoms with van der Waals surface area (Å²) in [4.78, 5) is 2.29. The molecule has 25 heavy (non-hydrogen) atoms. The van der Waals surface area contributed by atoms with Crippen molar-refractivity contribution in [1.82, 2.24) is 4.31 Å². The van der Waals surface area contributed by atoms with E-state index in [2.05, 4.69) is 40.9 Å². The van der Waals surface area contributed by atoms with Gasteiger partial charge in [-0.05, 0) is 62.4 Å². The third-order valence-corrected chi connectivity index (χ3v) is 5.35. The predicted molar refractivity (Wildman–Crippen MR) is 106 cm³/mol. The normalized spacial score (nSPS) is 11.4. The van der Waals surface area contributed by atoms with Crippen molar-refractivity contribution in [1.29, 1.82) is 0 Å². The van der Waals surface area contributed by atoms with Crippen LogP contribution in [0.2, 0.25) is 0 Å². The van der Waals surface area contributed by atoms with Gasteiger partial charge in [-0.1, -0.05) is 0 Å². The topological polar surface area (TPSA) is 64.7 Å². The summed E-state index contributed by atoms with van der Waals surface area (Å²) in [6.07, 6.45) is 0. The van der Waals surface area contributed by atoms with Gasteiger partial charge >= 0.3 is 10.2 Å². The minimum absolute atomic E-state index is 0.524. The second kappa shape index (κ2) is 8.22. The highest BCUT2D eigenvalue weighted by Crippen LogP contribution is 2.22. The van der Waals surface area contributed by atoms with Crippen LogP contribution in [0.5, 0.6) is 0 Å². The van der Waals surface area contributed by atoms with Crippen molar-refractivity contribution in [2.24, 2.45) is 0 Å². The van der Waals surface area contributed by atoms with Crippen LogP contribution in [0.1, 0.15) is 13.8 Å². The average Bonchev–Trinajstić information content (AvgIpc) is 2.59. The Morgan fingerprint density at radius 1 is 0.800 bits per heavy atom. The summed E-state index contributed by atoms with van der Waals surface area (Å²) in [5.41, 5.74) is 3.60. The summed E-state index contributed by atoms with van der Waals surface area (Å²) in [5.74, 6) is 0. The molecule has 0 unspecified atom stereocenters. The van der Waals surface area contributed by atoms with Gasteiger partial charge in [0, 0.05) is 49.9 Å². The number of hydrogen-bond acceptors (Lipinski definition) is 4. The molecule has 0 aromatic heterocycles. The fourth-order valence-corrected chi connectivity index (χ4v) is 2.99. The minimum atomic E-state index is -3.48. The molecule has 7 heteroatoms. The summed E-state index contributed by atoms with van der Waals surface area (Å²) >= 11 is 0. The molecule has 0 saturated carbocycles. The van der Waals surface area contributed by atoms with E-state index < -0.39 is 10.2 Å². The van der Waals surface area contributed by atoms with Crippen molar-refractivity contribution in [3.05, 3.63) is 48.5 Å². The molecule has 0 fully saturated rings. The SMILES string of the molecule is CCN(CC)c1ccc(Nc2ccc(NS(=O)(=O)N(C)C)cc2)cc1. The molecule has 2 aromatic carbocycles. The minimum Gasteiger partial charge on any atom is -0.372 e. The highest BCUT2D eigenvalue weighted by Gasteiger charge is 2.12. The molecule has 0 heterocycles. The van der Waals surface area contributed by atoms with E-state index in [9.17, 15) is 8.42 Å². The first kappa shape index (κ1) is 19.1. The molecule has 0 bridgehead atoms. The molecule has 0 aliphatic heterocycles. The van der Waals surface area contributed by atoms with E-state index in [-0.39, 0.29) is 0 Å². The predicted octanol–water partition coefficient (Wildman–Crippen LogP) is 3.49. The molecule has 2 rings (SSSR count). The Kier molecular flexibility index (Phi) is 6.27. The third-order valence-electron chi connectivity index (χ3n) is 3.90. The van der Waals surface area contributed by atoms with Crippen molar-refractivity contribution in [3.8, 4) is 0 Å². The number of nitrogens with zero attached hydrogens (tertiary/aromatic N) is 2. The molecule has 2 N–H and O–H groups in total. The third kappa shape index (κ3) is 5.11.